The van der Waals surface area contributed by atoms with Gasteiger partial charge in [0, 0.05) is 0 Å². The third-order valence-corrected chi connectivity index (χ3v) is 3.22. The molecule has 0 aliphatic carbocycles. The number of unbranched alkanes of at least 4 members (excludes halogenated alkanes) is 1. The third-order valence-electron chi connectivity index (χ3n) is 3.22. The zero-order chi connectivity index (χ0) is 16.1. The van der Waals surface area contributed by atoms with Gasteiger partial charge in [0.25, 0.3) is 0 Å². The maximum atomic E-state index is 14.0. The van der Waals surface area contributed by atoms with Gasteiger partial charge in [-0.05, 0) is 41.8 Å². The molecule has 2 aromatic rings. The molecule has 1 N–H and O–H groups in total. The van der Waals surface area contributed by atoms with Crippen molar-refractivity contribution in [1.29, 1.82) is 0 Å². The van der Waals surface area contributed by atoms with Crippen LogP contribution in [-0.2, 0) is 0 Å². The van der Waals surface area contributed by atoms with Crippen molar-refractivity contribution in [3.05, 3.63) is 53.6 Å². The fraction of sp³-hybridized carbons (Fsp3) is 0.235. The van der Waals surface area contributed by atoms with Gasteiger partial charge < -0.3 is 9.84 Å². The van der Waals surface area contributed by atoms with Crippen LogP contribution in [0.4, 0.5) is 8.78 Å². The number of rotatable bonds is 6. The van der Waals surface area contributed by atoms with Crippen LogP contribution in [0.15, 0.2) is 36.4 Å². The van der Waals surface area contributed by atoms with Gasteiger partial charge in [0.2, 0.25) is 0 Å². The lowest BCUT2D eigenvalue weighted by Gasteiger charge is -2.09. The van der Waals surface area contributed by atoms with E-state index in [1.807, 2.05) is 6.92 Å². The van der Waals surface area contributed by atoms with Gasteiger partial charge in [0.1, 0.15) is 5.82 Å². The topological polar surface area (TPSA) is 46.5 Å². The van der Waals surface area contributed by atoms with E-state index in [9.17, 15) is 13.6 Å². The molecule has 0 aromatic heterocycles. The smallest absolute Gasteiger partial charge is 0.338 e. The monoisotopic (exact) mass is 306 g/mol. The van der Waals surface area contributed by atoms with Crippen LogP contribution in [0.3, 0.4) is 0 Å². The Labute approximate surface area is 127 Å². The second kappa shape index (κ2) is 7.02. The van der Waals surface area contributed by atoms with E-state index in [2.05, 4.69) is 0 Å². The Kier molecular flexibility index (Phi) is 5.09. The lowest BCUT2D eigenvalue weighted by atomic mass is 10.0. The predicted octanol–water partition coefficient (Wildman–Crippen LogP) is 4.51. The number of carboxylic acids is 1. The van der Waals surface area contributed by atoms with E-state index in [0.29, 0.717) is 17.7 Å². The highest BCUT2D eigenvalue weighted by Gasteiger charge is 2.12. The molecule has 0 atom stereocenters. The van der Waals surface area contributed by atoms with Crippen LogP contribution in [0, 0.1) is 11.6 Å². The molecule has 0 saturated carbocycles. The molecule has 0 aliphatic rings. The molecule has 5 heteroatoms. The molecule has 0 spiro atoms. The van der Waals surface area contributed by atoms with Crippen molar-refractivity contribution in [2.24, 2.45) is 0 Å². The zero-order valence-electron chi connectivity index (χ0n) is 12.1. The summed E-state index contributed by atoms with van der Waals surface area (Å²) in [7, 11) is 0. The first-order valence-corrected chi connectivity index (χ1v) is 6.98. The fourth-order valence-electron chi connectivity index (χ4n) is 1.99. The van der Waals surface area contributed by atoms with E-state index < -0.39 is 23.2 Å². The van der Waals surface area contributed by atoms with Gasteiger partial charge in [-0.1, -0.05) is 25.5 Å². The Bertz CT molecular complexity index is 684. The van der Waals surface area contributed by atoms with Crippen molar-refractivity contribution in [2.45, 2.75) is 19.8 Å². The highest BCUT2D eigenvalue weighted by molar-refractivity contribution is 5.88. The van der Waals surface area contributed by atoms with Crippen molar-refractivity contribution in [3.8, 4) is 16.9 Å². The summed E-state index contributed by atoms with van der Waals surface area (Å²) in [4.78, 5) is 10.8. The number of aromatic carboxylic acids is 1. The van der Waals surface area contributed by atoms with Crippen molar-refractivity contribution >= 4 is 5.97 Å². The van der Waals surface area contributed by atoms with E-state index in [1.165, 1.54) is 18.2 Å². The number of ether oxygens (including phenoxy) is 1. The first kappa shape index (κ1) is 15.9. The zero-order valence-corrected chi connectivity index (χ0v) is 12.1. The molecule has 22 heavy (non-hydrogen) atoms. The molecule has 0 bridgehead atoms. The Morgan fingerprint density at radius 3 is 2.27 bits per heavy atom. The van der Waals surface area contributed by atoms with E-state index in [4.69, 9.17) is 9.84 Å². The molecule has 2 rings (SSSR count). The van der Waals surface area contributed by atoms with Gasteiger partial charge in [-0.15, -0.1) is 0 Å². The number of hydrogen-bond donors (Lipinski definition) is 1. The minimum absolute atomic E-state index is 0.153. The molecular formula is C17H16F2O3. The second-order valence-electron chi connectivity index (χ2n) is 4.85. The summed E-state index contributed by atoms with van der Waals surface area (Å²) in [6.07, 6.45) is 1.79. The lowest BCUT2D eigenvalue weighted by Crippen LogP contribution is -2.00. The van der Waals surface area contributed by atoms with Crippen LogP contribution in [0.2, 0.25) is 0 Å². The second-order valence-corrected chi connectivity index (χ2v) is 4.85. The van der Waals surface area contributed by atoms with Crippen LogP contribution in [0.5, 0.6) is 5.75 Å². The van der Waals surface area contributed by atoms with Gasteiger partial charge in [0.05, 0.1) is 12.2 Å². The van der Waals surface area contributed by atoms with Gasteiger partial charge in [-0.25, -0.2) is 13.6 Å². The predicted molar refractivity (Wildman–Crippen MR) is 79.2 cm³/mol. The van der Waals surface area contributed by atoms with Crippen molar-refractivity contribution in [1.82, 2.24) is 0 Å². The van der Waals surface area contributed by atoms with Crippen molar-refractivity contribution < 1.29 is 23.4 Å². The molecule has 0 heterocycles. The van der Waals surface area contributed by atoms with Crippen LogP contribution >= 0.6 is 0 Å². The number of carbonyl (C=O) groups is 1. The van der Waals surface area contributed by atoms with Gasteiger partial charge in [-0.2, -0.15) is 0 Å². The Morgan fingerprint density at radius 1 is 1.09 bits per heavy atom. The molecule has 0 saturated heterocycles. The highest BCUT2D eigenvalue weighted by Crippen LogP contribution is 2.27. The number of halogens is 2. The molecule has 0 fully saturated rings. The van der Waals surface area contributed by atoms with E-state index in [-0.39, 0.29) is 5.75 Å². The molecule has 116 valence electrons. The van der Waals surface area contributed by atoms with Crippen LogP contribution in [-0.4, -0.2) is 17.7 Å². The largest absolute Gasteiger partial charge is 0.491 e. The maximum Gasteiger partial charge on any atom is 0.338 e. The summed E-state index contributed by atoms with van der Waals surface area (Å²) in [6, 6.07) is 8.03. The third kappa shape index (κ3) is 3.61. The molecule has 2 aromatic carbocycles. The van der Waals surface area contributed by atoms with Gasteiger partial charge in [-0.3, -0.25) is 0 Å². The summed E-state index contributed by atoms with van der Waals surface area (Å²) in [5.74, 6) is -2.57. The van der Waals surface area contributed by atoms with E-state index in [0.717, 1.165) is 25.0 Å². The average Bonchev–Trinajstić information content (AvgIpc) is 2.48. The summed E-state index contributed by atoms with van der Waals surface area (Å²) in [5.41, 5.74) is 0.446. The highest BCUT2D eigenvalue weighted by atomic mass is 19.1. The van der Waals surface area contributed by atoms with Crippen LogP contribution in [0.25, 0.3) is 11.1 Å². The molecule has 0 aliphatic heterocycles. The van der Waals surface area contributed by atoms with E-state index >= 15 is 0 Å². The normalized spacial score (nSPS) is 10.5. The molecule has 3 nitrogen and oxygen atoms in total. The first-order chi connectivity index (χ1) is 10.5. The van der Waals surface area contributed by atoms with Crippen LogP contribution < -0.4 is 4.74 Å². The fourth-order valence-corrected chi connectivity index (χ4v) is 1.99. The standard InChI is InChI=1S/C17H16F2O3/c1-2-3-8-22-16-7-5-12(10-15(16)19)11-4-6-13(17(20)21)14(18)9-11/h4-7,9-10H,2-3,8H2,1H3,(H,20,21). The van der Waals surface area contributed by atoms with Crippen molar-refractivity contribution in [3.63, 3.8) is 0 Å². The number of benzene rings is 2. The van der Waals surface area contributed by atoms with E-state index in [1.54, 1.807) is 6.07 Å². The maximum absolute atomic E-state index is 14.0. The summed E-state index contributed by atoms with van der Waals surface area (Å²) < 4.78 is 32.9. The molecule has 0 amide bonds. The quantitative estimate of drug-likeness (QED) is 0.799. The Hall–Kier alpha value is -2.43. The minimum atomic E-state index is -1.34. The Balaban J connectivity index is 2.24. The lowest BCUT2D eigenvalue weighted by molar-refractivity contribution is 0.0692. The molecule has 0 radical (unpaired) electrons. The summed E-state index contributed by atoms with van der Waals surface area (Å²) >= 11 is 0. The molecular weight excluding hydrogens is 290 g/mol. The van der Waals surface area contributed by atoms with Crippen LogP contribution in [0.1, 0.15) is 30.1 Å². The van der Waals surface area contributed by atoms with Crippen molar-refractivity contribution in [2.75, 3.05) is 6.61 Å². The minimum Gasteiger partial charge on any atom is -0.491 e. The summed E-state index contributed by atoms with van der Waals surface area (Å²) in [5, 5.41) is 8.79. The van der Waals surface area contributed by atoms with Gasteiger partial charge in [0.15, 0.2) is 11.6 Å². The van der Waals surface area contributed by atoms with Gasteiger partial charge >= 0.3 is 5.97 Å². The summed E-state index contributed by atoms with van der Waals surface area (Å²) in [6.45, 7) is 2.45. The molecule has 0 unspecified atom stereocenters. The Morgan fingerprint density at radius 2 is 1.73 bits per heavy atom. The first-order valence-electron chi connectivity index (χ1n) is 6.98. The average molecular weight is 306 g/mol. The number of carboxylic acid groups (broad SMARTS) is 1. The number of hydrogen-bond acceptors (Lipinski definition) is 2. The SMILES string of the molecule is CCCCOc1ccc(-c2ccc(C(=O)O)c(F)c2)cc1F.